The molecule has 0 amide bonds. The van der Waals surface area contributed by atoms with Crippen molar-refractivity contribution >= 4 is 13.8 Å². The van der Waals surface area contributed by atoms with Crippen molar-refractivity contribution in [2.75, 3.05) is 33.0 Å². The highest BCUT2D eigenvalue weighted by molar-refractivity contribution is 7.47. The van der Waals surface area contributed by atoms with Gasteiger partial charge in [-0.05, 0) is 70.6 Å². The number of unbranched alkanes of at least 4 members (excludes halogenated alkanes) is 13. The van der Waals surface area contributed by atoms with E-state index in [2.05, 4.69) is 74.6 Å². The van der Waals surface area contributed by atoms with Gasteiger partial charge in [-0.3, -0.25) is 13.8 Å². The van der Waals surface area contributed by atoms with E-state index in [1.807, 2.05) is 0 Å². The molecule has 0 aromatic rings. The van der Waals surface area contributed by atoms with E-state index in [1.54, 1.807) is 0 Å². The fourth-order valence-corrected chi connectivity index (χ4v) is 5.72. The number of aliphatic hydroxyl groups excluding tert-OH is 2. The summed E-state index contributed by atoms with van der Waals surface area (Å²) in [6, 6.07) is 0. The van der Waals surface area contributed by atoms with Crippen molar-refractivity contribution in [1.29, 1.82) is 0 Å². The van der Waals surface area contributed by atoms with Gasteiger partial charge in [-0.25, -0.2) is 4.57 Å². The van der Waals surface area contributed by atoms with E-state index in [1.165, 1.54) is 32.1 Å². The van der Waals surface area contributed by atoms with E-state index in [-0.39, 0.29) is 19.6 Å². The Morgan fingerprint density at radius 1 is 0.627 bits per heavy atom. The van der Waals surface area contributed by atoms with E-state index < -0.39 is 39.2 Å². The van der Waals surface area contributed by atoms with Crippen LogP contribution in [-0.2, 0) is 27.9 Å². The van der Waals surface area contributed by atoms with Crippen molar-refractivity contribution in [2.24, 2.45) is 0 Å². The van der Waals surface area contributed by atoms with E-state index in [4.69, 9.17) is 23.6 Å². The second kappa shape index (κ2) is 37.9. The Hall–Kier alpha value is -1.84. The smallest absolute Gasteiger partial charge is 0.457 e. The normalized spacial score (nSPS) is 14.8. The maximum absolute atomic E-state index is 12.5. The molecule has 10 heteroatoms. The van der Waals surface area contributed by atoms with Gasteiger partial charge in [-0.2, -0.15) is 0 Å². The van der Waals surface area contributed by atoms with Gasteiger partial charge in [0.25, 0.3) is 0 Å². The van der Waals surface area contributed by atoms with Gasteiger partial charge in [0.1, 0.15) is 12.2 Å². The molecule has 0 heterocycles. The standard InChI is InChI=1S/C41H73O9P/c1-3-5-7-9-11-13-15-16-17-18-19-20-21-22-23-24-26-28-30-32-34-47-37-40(38-49-51(45,46)48-36-39(43)35-42)50-41(44)33-31-29-27-25-14-12-10-8-6-4-2/h5,7-8,10-11,13,16-17,19-20,39-40,42-43H,3-4,6,9,12,14-15,18,21-38H2,1-2H3,(H,45,46)/b7-5-,10-8-,13-11-,17-16-,20-19-. The number of esters is 1. The highest BCUT2D eigenvalue weighted by Crippen LogP contribution is 2.43. The molecule has 3 N–H and O–H groups in total. The van der Waals surface area contributed by atoms with Gasteiger partial charge >= 0.3 is 13.8 Å². The molecule has 0 saturated carbocycles. The van der Waals surface area contributed by atoms with Gasteiger partial charge in [0.15, 0.2) is 0 Å². The van der Waals surface area contributed by atoms with Crippen LogP contribution >= 0.6 is 7.82 Å². The minimum atomic E-state index is -4.52. The van der Waals surface area contributed by atoms with Crippen molar-refractivity contribution in [1.82, 2.24) is 0 Å². The van der Waals surface area contributed by atoms with Gasteiger partial charge in [-0.15, -0.1) is 0 Å². The first-order valence-corrected chi connectivity index (χ1v) is 21.3. The zero-order valence-electron chi connectivity index (χ0n) is 32.1. The van der Waals surface area contributed by atoms with Crippen LogP contribution in [0.3, 0.4) is 0 Å². The third kappa shape index (κ3) is 37.7. The van der Waals surface area contributed by atoms with Crippen LogP contribution in [-0.4, -0.2) is 66.3 Å². The van der Waals surface area contributed by atoms with Crippen molar-refractivity contribution in [3.8, 4) is 0 Å². The number of ether oxygens (including phenoxy) is 2. The molecule has 296 valence electrons. The van der Waals surface area contributed by atoms with Crippen LogP contribution in [0.4, 0.5) is 0 Å². The number of carbonyl (C=O) groups is 1. The Labute approximate surface area is 310 Å². The van der Waals surface area contributed by atoms with Crippen LogP contribution in [0.2, 0.25) is 0 Å². The molecular formula is C41H73O9P. The first kappa shape index (κ1) is 49.2. The Bertz CT molecular complexity index is 976. The molecule has 0 aliphatic carbocycles. The lowest BCUT2D eigenvalue weighted by atomic mass is 10.1. The number of hydrogen-bond acceptors (Lipinski definition) is 8. The van der Waals surface area contributed by atoms with Crippen molar-refractivity contribution in [3.63, 3.8) is 0 Å². The summed E-state index contributed by atoms with van der Waals surface area (Å²) in [6.45, 7) is 3.28. The molecule has 0 fully saturated rings. The summed E-state index contributed by atoms with van der Waals surface area (Å²) in [7, 11) is -4.52. The third-order valence-corrected chi connectivity index (χ3v) is 8.87. The fourth-order valence-electron chi connectivity index (χ4n) is 4.94. The zero-order valence-corrected chi connectivity index (χ0v) is 32.9. The number of aliphatic hydroxyl groups is 2. The summed E-state index contributed by atoms with van der Waals surface area (Å²) in [6.07, 6.45) is 41.9. The maximum Gasteiger partial charge on any atom is 0.472 e. The molecule has 0 radical (unpaired) electrons. The van der Waals surface area contributed by atoms with Gasteiger partial charge in [-0.1, -0.05) is 132 Å². The lowest BCUT2D eigenvalue weighted by Gasteiger charge is -2.20. The van der Waals surface area contributed by atoms with Crippen molar-refractivity contribution < 1.29 is 43.0 Å². The fraction of sp³-hybridized carbons (Fsp3) is 0.732. The lowest BCUT2D eigenvalue weighted by Crippen LogP contribution is -2.29. The van der Waals surface area contributed by atoms with Crippen LogP contribution in [0, 0.1) is 0 Å². The highest BCUT2D eigenvalue weighted by Gasteiger charge is 2.26. The summed E-state index contributed by atoms with van der Waals surface area (Å²) in [4.78, 5) is 22.4. The predicted molar refractivity (Wildman–Crippen MR) is 210 cm³/mol. The number of rotatable bonds is 37. The number of allylic oxidation sites excluding steroid dienone is 10. The number of carbonyl (C=O) groups excluding carboxylic acids is 1. The van der Waals surface area contributed by atoms with Gasteiger partial charge in [0.05, 0.1) is 26.4 Å². The maximum atomic E-state index is 12.5. The van der Waals surface area contributed by atoms with E-state index in [9.17, 15) is 19.4 Å². The molecule has 0 aliphatic rings. The average molecular weight is 741 g/mol. The number of phosphoric acid groups is 1. The molecule has 0 spiro atoms. The molecule has 0 bridgehead atoms. The van der Waals surface area contributed by atoms with Crippen molar-refractivity contribution in [2.45, 2.75) is 161 Å². The molecule has 0 aliphatic heterocycles. The zero-order chi connectivity index (χ0) is 37.5. The van der Waals surface area contributed by atoms with E-state index >= 15 is 0 Å². The van der Waals surface area contributed by atoms with Gasteiger partial charge in [0.2, 0.25) is 0 Å². The first-order chi connectivity index (χ1) is 24.8. The monoisotopic (exact) mass is 740 g/mol. The first-order valence-electron chi connectivity index (χ1n) is 19.8. The topological polar surface area (TPSA) is 132 Å². The largest absolute Gasteiger partial charge is 0.472 e. The Morgan fingerprint density at radius 3 is 1.71 bits per heavy atom. The SMILES string of the molecule is CC/C=C\C/C=C\C/C=C\C/C=C\CCCCCCCCCOCC(COP(=O)(O)OCC(O)CO)OC(=O)CCCCCCC/C=C\CCC. The Kier molecular flexibility index (Phi) is 36.5. The highest BCUT2D eigenvalue weighted by atomic mass is 31.2. The van der Waals surface area contributed by atoms with Crippen LogP contribution in [0.15, 0.2) is 60.8 Å². The number of hydrogen-bond donors (Lipinski definition) is 3. The lowest BCUT2D eigenvalue weighted by molar-refractivity contribution is -0.154. The molecule has 3 atom stereocenters. The molecule has 9 nitrogen and oxygen atoms in total. The van der Waals surface area contributed by atoms with Crippen LogP contribution < -0.4 is 0 Å². The summed E-state index contributed by atoms with van der Waals surface area (Å²) in [5, 5.41) is 18.3. The minimum absolute atomic E-state index is 0.0356. The summed E-state index contributed by atoms with van der Waals surface area (Å²) < 4.78 is 33.2. The molecule has 3 unspecified atom stereocenters. The number of phosphoric ester groups is 1. The molecular weight excluding hydrogens is 667 g/mol. The average Bonchev–Trinajstić information content (AvgIpc) is 3.12. The van der Waals surface area contributed by atoms with Crippen LogP contribution in [0.25, 0.3) is 0 Å². The molecule has 0 saturated heterocycles. The molecule has 0 aromatic heterocycles. The van der Waals surface area contributed by atoms with Crippen LogP contribution in [0.5, 0.6) is 0 Å². The summed E-state index contributed by atoms with van der Waals surface area (Å²) in [5.74, 6) is -0.402. The Balaban J connectivity index is 4.18. The van der Waals surface area contributed by atoms with Crippen LogP contribution in [0.1, 0.15) is 149 Å². The summed E-state index contributed by atoms with van der Waals surface area (Å²) in [5.41, 5.74) is 0. The van der Waals surface area contributed by atoms with Gasteiger partial charge in [0, 0.05) is 13.0 Å². The molecule has 0 aromatic carbocycles. The quantitative estimate of drug-likeness (QED) is 0.0246. The van der Waals surface area contributed by atoms with Gasteiger partial charge < -0.3 is 24.6 Å². The van der Waals surface area contributed by atoms with E-state index in [0.29, 0.717) is 13.0 Å². The second-order valence-electron chi connectivity index (χ2n) is 12.9. The Morgan fingerprint density at radius 2 is 1.12 bits per heavy atom. The third-order valence-electron chi connectivity index (χ3n) is 7.92. The second-order valence-corrected chi connectivity index (χ2v) is 14.4. The van der Waals surface area contributed by atoms with E-state index in [0.717, 1.165) is 89.9 Å². The minimum Gasteiger partial charge on any atom is -0.457 e. The summed E-state index contributed by atoms with van der Waals surface area (Å²) >= 11 is 0. The molecule has 51 heavy (non-hydrogen) atoms. The molecule has 0 rings (SSSR count). The van der Waals surface area contributed by atoms with Crippen molar-refractivity contribution in [3.05, 3.63) is 60.8 Å². The predicted octanol–water partition coefficient (Wildman–Crippen LogP) is 10.4.